The van der Waals surface area contributed by atoms with E-state index in [1.165, 1.54) is 6.92 Å². The Labute approximate surface area is 92.1 Å². The maximum atomic E-state index is 11.9. The Morgan fingerprint density at radius 3 is 2.20 bits per heavy atom. The molecular weight excluding hydrogens is 190 g/mol. The van der Waals surface area contributed by atoms with E-state index in [-0.39, 0.29) is 17.5 Å². The Hall–Kier alpha value is -0.960. The standard InChI is InChI=1S/C12H21NO2/c1-6-7-8-9(2)12(15)11(10(3)14)13(4)5/h6-7,9,11H,8H2,1-5H3/t9-,11-/m1/s1. The van der Waals surface area contributed by atoms with Gasteiger partial charge in [0, 0.05) is 5.92 Å². The summed E-state index contributed by atoms with van der Waals surface area (Å²) in [6, 6.07) is -0.592. The Morgan fingerprint density at radius 1 is 1.33 bits per heavy atom. The highest BCUT2D eigenvalue weighted by Gasteiger charge is 2.28. The normalized spacial score (nSPS) is 15.6. The summed E-state index contributed by atoms with van der Waals surface area (Å²) >= 11 is 0. The van der Waals surface area contributed by atoms with Crippen LogP contribution >= 0.6 is 0 Å². The number of ketones is 2. The number of likely N-dealkylation sites (N-methyl/N-ethyl adjacent to an activating group) is 1. The third kappa shape index (κ3) is 4.38. The first-order chi connectivity index (χ1) is 6.91. The minimum absolute atomic E-state index is 0.00519. The van der Waals surface area contributed by atoms with Crippen LogP contribution in [0.15, 0.2) is 12.2 Å². The van der Waals surface area contributed by atoms with Crippen molar-refractivity contribution >= 4 is 11.6 Å². The summed E-state index contributed by atoms with van der Waals surface area (Å²) in [4.78, 5) is 24.9. The lowest BCUT2D eigenvalue weighted by Crippen LogP contribution is -2.43. The highest BCUT2D eigenvalue weighted by molar-refractivity contribution is 6.06. The predicted octanol–water partition coefficient (Wildman–Crippen LogP) is 1.68. The lowest BCUT2D eigenvalue weighted by atomic mass is 9.94. The van der Waals surface area contributed by atoms with E-state index >= 15 is 0 Å². The van der Waals surface area contributed by atoms with Gasteiger partial charge < -0.3 is 0 Å². The molecule has 0 aliphatic heterocycles. The van der Waals surface area contributed by atoms with Gasteiger partial charge in [0.15, 0.2) is 11.6 Å². The molecule has 0 bridgehead atoms. The molecule has 0 rings (SSSR count). The van der Waals surface area contributed by atoms with E-state index in [2.05, 4.69) is 0 Å². The molecule has 0 saturated carbocycles. The Bertz CT molecular complexity index is 256. The number of carbonyl (C=O) groups is 2. The number of nitrogens with zero attached hydrogens (tertiary/aromatic N) is 1. The van der Waals surface area contributed by atoms with Crippen molar-refractivity contribution in [2.75, 3.05) is 14.1 Å². The molecule has 0 aliphatic rings. The third-order valence-corrected chi connectivity index (χ3v) is 2.38. The molecule has 0 saturated heterocycles. The van der Waals surface area contributed by atoms with Crippen LogP contribution in [0.1, 0.15) is 27.2 Å². The van der Waals surface area contributed by atoms with Gasteiger partial charge in [-0.05, 0) is 34.4 Å². The molecule has 0 aromatic rings. The van der Waals surface area contributed by atoms with Crippen LogP contribution in [0.5, 0.6) is 0 Å². The second-order valence-corrected chi connectivity index (χ2v) is 4.08. The van der Waals surface area contributed by atoms with Crippen LogP contribution in [-0.4, -0.2) is 36.6 Å². The number of carbonyl (C=O) groups excluding carboxylic acids is 2. The third-order valence-electron chi connectivity index (χ3n) is 2.38. The second kappa shape index (κ2) is 6.51. The molecule has 0 fully saturated rings. The molecule has 0 aromatic carbocycles. The molecule has 2 atom stereocenters. The number of allylic oxidation sites excluding steroid dienone is 2. The molecule has 0 radical (unpaired) electrons. The van der Waals surface area contributed by atoms with Crippen molar-refractivity contribution in [2.24, 2.45) is 5.92 Å². The molecule has 3 nitrogen and oxygen atoms in total. The van der Waals surface area contributed by atoms with Crippen molar-refractivity contribution in [1.82, 2.24) is 4.90 Å². The van der Waals surface area contributed by atoms with E-state index in [1.54, 1.807) is 19.0 Å². The number of rotatable bonds is 6. The first kappa shape index (κ1) is 14.0. The Morgan fingerprint density at radius 2 is 1.87 bits per heavy atom. The van der Waals surface area contributed by atoms with Gasteiger partial charge in [0.2, 0.25) is 0 Å². The lowest BCUT2D eigenvalue weighted by molar-refractivity contribution is -0.134. The van der Waals surface area contributed by atoms with Gasteiger partial charge >= 0.3 is 0 Å². The summed E-state index contributed by atoms with van der Waals surface area (Å²) in [6.45, 7) is 5.25. The molecule has 0 spiro atoms. The minimum Gasteiger partial charge on any atom is -0.298 e. The fraction of sp³-hybridized carbons (Fsp3) is 0.667. The molecular formula is C12H21NO2. The summed E-state index contributed by atoms with van der Waals surface area (Å²) < 4.78 is 0. The molecule has 3 heteroatoms. The largest absolute Gasteiger partial charge is 0.298 e. The van der Waals surface area contributed by atoms with Crippen LogP contribution in [0, 0.1) is 5.92 Å². The Balaban J connectivity index is 4.56. The van der Waals surface area contributed by atoms with Crippen molar-refractivity contribution < 1.29 is 9.59 Å². The maximum Gasteiger partial charge on any atom is 0.160 e. The summed E-state index contributed by atoms with van der Waals surface area (Å²) in [5.41, 5.74) is 0. The van der Waals surface area contributed by atoms with Gasteiger partial charge in [-0.2, -0.15) is 0 Å². The van der Waals surface area contributed by atoms with Crippen LogP contribution in [0.2, 0.25) is 0 Å². The van der Waals surface area contributed by atoms with Gasteiger partial charge in [-0.1, -0.05) is 19.1 Å². The zero-order valence-electron chi connectivity index (χ0n) is 10.3. The van der Waals surface area contributed by atoms with Crippen molar-refractivity contribution in [3.8, 4) is 0 Å². The molecule has 0 aromatic heterocycles. The van der Waals surface area contributed by atoms with Crippen molar-refractivity contribution in [2.45, 2.75) is 33.2 Å². The second-order valence-electron chi connectivity index (χ2n) is 4.08. The van der Waals surface area contributed by atoms with Crippen molar-refractivity contribution in [3.63, 3.8) is 0 Å². The first-order valence-electron chi connectivity index (χ1n) is 5.23. The van der Waals surface area contributed by atoms with Crippen LogP contribution < -0.4 is 0 Å². The quantitative estimate of drug-likeness (QED) is 0.495. The topological polar surface area (TPSA) is 37.4 Å². The molecule has 0 amide bonds. The summed E-state index contributed by atoms with van der Waals surface area (Å²) in [7, 11) is 3.51. The van der Waals surface area contributed by atoms with Gasteiger partial charge in [-0.25, -0.2) is 0 Å². The van der Waals surface area contributed by atoms with Gasteiger partial charge in [0.05, 0.1) is 0 Å². The average molecular weight is 211 g/mol. The number of hydrogen-bond acceptors (Lipinski definition) is 3. The van der Waals surface area contributed by atoms with E-state index in [0.29, 0.717) is 6.42 Å². The minimum atomic E-state index is -0.592. The molecule has 0 N–H and O–H groups in total. The summed E-state index contributed by atoms with van der Waals surface area (Å²) in [6.07, 6.45) is 4.57. The molecule has 0 aliphatic carbocycles. The van der Waals surface area contributed by atoms with Gasteiger partial charge in [0.1, 0.15) is 6.04 Å². The highest BCUT2D eigenvalue weighted by Crippen LogP contribution is 2.11. The van der Waals surface area contributed by atoms with Gasteiger partial charge in [-0.15, -0.1) is 0 Å². The predicted molar refractivity (Wildman–Crippen MR) is 61.8 cm³/mol. The van der Waals surface area contributed by atoms with Gasteiger partial charge in [0.25, 0.3) is 0 Å². The fourth-order valence-corrected chi connectivity index (χ4v) is 1.54. The molecule has 0 unspecified atom stereocenters. The van der Waals surface area contributed by atoms with E-state index < -0.39 is 6.04 Å². The van der Waals surface area contributed by atoms with Crippen molar-refractivity contribution in [1.29, 1.82) is 0 Å². The molecule has 86 valence electrons. The smallest absolute Gasteiger partial charge is 0.160 e. The van der Waals surface area contributed by atoms with Crippen LogP contribution in [0.25, 0.3) is 0 Å². The van der Waals surface area contributed by atoms with Crippen LogP contribution in [0.4, 0.5) is 0 Å². The highest BCUT2D eigenvalue weighted by atomic mass is 16.2. The first-order valence-corrected chi connectivity index (χ1v) is 5.23. The lowest BCUT2D eigenvalue weighted by Gasteiger charge is -2.22. The van der Waals surface area contributed by atoms with Crippen LogP contribution in [-0.2, 0) is 9.59 Å². The van der Waals surface area contributed by atoms with E-state index in [9.17, 15) is 9.59 Å². The SMILES string of the molecule is CC=CC[C@@H](C)C(=O)[C@@H](C(C)=O)N(C)C. The Kier molecular flexibility index (Phi) is 6.09. The monoisotopic (exact) mass is 211 g/mol. The van der Waals surface area contributed by atoms with Gasteiger partial charge in [-0.3, -0.25) is 14.5 Å². The average Bonchev–Trinajstić information content (AvgIpc) is 2.12. The summed E-state index contributed by atoms with van der Waals surface area (Å²) in [5.74, 6) is -0.180. The van der Waals surface area contributed by atoms with E-state index in [0.717, 1.165) is 0 Å². The fourth-order valence-electron chi connectivity index (χ4n) is 1.54. The molecule has 0 heterocycles. The number of hydrogen-bond donors (Lipinski definition) is 0. The van der Waals surface area contributed by atoms with Crippen LogP contribution in [0.3, 0.4) is 0 Å². The van der Waals surface area contributed by atoms with E-state index in [1.807, 2.05) is 26.0 Å². The zero-order valence-corrected chi connectivity index (χ0v) is 10.3. The zero-order chi connectivity index (χ0) is 12.0. The maximum absolute atomic E-state index is 11.9. The summed E-state index contributed by atoms with van der Waals surface area (Å²) in [5, 5.41) is 0. The molecule has 15 heavy (non-hydrogen) atoms. The van der Waals surface area contributed by atoms with E-state index in [4.69, 9.17) is 0 Å². The number of Topliss-reactive ketones (excluding diaryl/α,β-unsaturated/α-hetero) is 2. The van der Waals surface area contributed by atoms with Crippen molar-refractivity contribution in [3.05, 3.63) is 12.2 Å².